The molecule has 0 saturated carbocycles. The smallest absolute Gasteiger partial charge is 0.311 e. The summed E-state index contributed by atoms with van der Waals surface area (Å²) in [5.41, 5.74) is 22.6. The fourth-order valence-electron chi connectivity index (χ4n) is 13.9. The number of carbonyl (C=O) groups is 10. The first-order valence-electron chi connectivity index (χ1n) is 46.2. The molecule has 0 aliphatic rings. The third kappa shape index (κ3) is 47.2. The van der Waals surface area contributed by atoms with E-state index in [4.69, 9.17) is 49.4 Å². The number of hydrogen-bond donors (Lipinski definition) is 8. The molecule has 31 nitrogen and oxygen atoms in total. The Morgan fingerprint density at radius 1 is 0.299 bits per heavy atom. The Morgan fingerprint density at radius 2 is 0.543 bits per heavy atom. The molecule has 0 unspecified atom stereocenters. The monoisotopic (exact) mass is 1770 g/mol. The molecule has 31 heteroatoms. The zero-order valence-corrected chi connectivity index (χ0v) is 76.7. The second kappa shape index (κ2) is 68.0. The fourth-order valence-corrected chi connectivity index (χ4v) is 13.9. The Hall–Kier alpha value is -11.3. The Balaban J connectivity index is 1.61. The minimum Gasteiger partial charge on any atom is -0.493 e. The molecule has 0 aliphatic carbocycles. The van der Waals surface area contributed by atoms with Crippen molar-refractivity contribution in [3.05, 3.63) is 95.1 Å². The van der Waals surface area contributed by atoms with Crippen LogP contribution >= 0.6 is 0 Å². The van der Waals surface area contributed by atoms with Crippen LogP contribution in [-0.4, -0.2) is 137 Å². The minimum absolute atomic E-state index is 0.0362. The highest BCUT2D eigenvalue weighted by Gasteiger charge is 2.30. The van der Waals surface area contributed by atoms with Crippen LogP contribution in [-0.2, 0) is 47.9 Å². The molecule has 0 saturated heterocycles. The van der Waals surface area contributed by atoms with Gasteiger partial charge in [-0.3, -0.25) is 47.9 Å². The molecular weight excluding hydrogens is 1620 g/mol. The molecule has 3 atom stereocenters. The van der Waals surface area contributed by atoms with Crippen molar-refractivity contribution in [1.29, 1.82) is 0 Å². The number of hydrogen-bond acceptors (Lipinski definition) is 23. The van der Waals surface area contributed by atoms with Gasteiger partial charge in [0.1, 0.15) is 18.1 Å². The maximum absolute atomic E-state index is 14.6. The molecule has 702 valence electrons. The van der Waals surface area contributed by atoms with Gasteiger partial charge in [-0.25, -0.2) is 26.7 Å². The van der Waals surface area contributed by atoms with Crippen molar-refractivity contribution in [3.8, 4) is 46.0 Å². The van der Waals surface area contributed by atoms with Crippen LogP contribution in [0.3, 0.4) is 0 Å². The standard InChI is InChI=1S/C96H145N13O18/c1-9-13-17-21-25-29-33-37-41-57-85(113)124-89-71(49-45-53-78(89)120-5)67-99-106-83(111)65-62-76(94(118)108-101-69-73-51-47-55-80(122-7)91(73)126-87(115)59-43-39-35-31-27-23-19-15-11-3)103-82(110)64-61-75(105-96(97)98)93(117)104-77(95(119)109-102-70-74-52-48-56-81(123-8)92(74)127-88(116)60-44-40-36-32-28-24-20-16-12-4)63-66-84(112)107-100-68-72-50-46-54-79(121-6)90(72)125-86(114)58-42-38-34-30-26-22-18-14-10-2/h45-56,67-70,75-77H,9-44,57-66H2,1-8H3,(H,103,110)(H,104,117)(H,106,111)(H,107,112)(H,108,118)(H,109,119)(H4,97,98,105)/b99-67+,100-68+,101-69+,102-70+/t75-,76-,77-/m0/s1. The molecule has 4 rings (SSSR count). The number of unbranched alkanes of at least 4 members (excludes halogenated alkanes) is 32. The normalized spacial score (nSPS) is 12.0. The average molecular weight is 1770 g/mol. The number of rotatable bonds is 71. The molecule has 0 heterocycles. The van der Waals surface area contributed by atoms with Gasteiger partial charge in [0.2, 0.25) is 23.6 Å². The second-order valence-electron chi connectivity index (χ2n) is 31.6. The largest absolute Gasteiger partial charge is 0.493 e. The van der Waals surface area contributed by atoms with Gasteiger partial charge in [-0.2, -0.15) is 20.4 Å². The predicted molar refractivity (Wildman–Crippen MR) is 496 cm³/mol. The summed E-state index contributed by atoms with van der Waals surface area (Å²) in [5.74, 6) is -6.55. The number of ether oxygens (including phenoxy) is 8. The number of methoxy groups -OCH3 is 4. The highest BCUT2D eigenvalue weighted by atomic mass is 16.6. The van der Waals surface area contributed by atoms with E-state index in [1.54, 1.807) is 72.8 Å². The first-order chi connectivity index (χ1) is 61.7. The first kappa shape index (κ1) is 108. The number of carbonyl (C=O) groups excluding carboxylic acids is 10. The summed E-state index contributed by atoms with van der Waals surface area (Å²) in [4.78, 5) is 142. The molecule has 4 aromatic carbocycles. The maximum Gasteiger partial charge on any atom is 0.311 e. The Bertz CT molecular complexity index is 4090. The van der Waals surface area contributed by atoms with E-state index in [0.717, 1.165) is 103 Å². The first-order valence-corrected chi connectivity index (χ1v) is 46.2. The molecule has 4 aromatic rings. The Labute approximate surface area is 752 Å². The zero-order chi connectivity index (χ0) is 92.3. The van der Waals surface area contributed by atoms with Crippen molar-refractivity contribution in [2.75, 3.05) is 28.4 Å². The third-order valence-electron chi connectivity index (χ3n) is 21.1. The van der Waals surface area contributed by atoms with E-state index in [2.05, 4.69) is 85.4 Å². The van der Waals surface area contributed by atoms with Crippen LogP contribution in [0.5, 0.6) is 46.0 Å². The number of nitrogens with one attached hydrogen (secondary N) is 6. The summed E-state index contributed by atoms with van der Waals surface area (Å²) in [7, 11) is 5.65. The summed E-state index contributed by atoms with van der Waals surface area (Å²) < 4.78 is 45.4. The lowest BCUT2D eigenvalue weighted by atomic mass is 10.1. The molecule has 0 fully saturated rings. The van der Waals surface area contributed by atoms with E-state index in [0.29, 0.717) is 36.8 Å². The molecule has 0 aliphatic heterocycles. The van der Waals surface area contributed by atoms with Gasteiger partial charge in [-0.15, -0.1) is 0 Å². The topological polar surface area (TPSA) is 431 Å². The summed E-state index contributed by atoms with van der Waals surface area (Å²) in [6.45, 7) is 8.73. The number of benzene rings is 4. The van der Waals surface area contributed by atoms with Gasteiger partial charge in [0, 0.05) is 67.2 Å². The molecular formula is C96H145N13O18. The lowest BCUT2D eigenvalue weighted by molar-refractivity contribution is -0.135. The van der Waals surface area contributed by atoms with Gasteiger partial charge < -0.3 is 60.0 Å². The molecule has 10 N–H and O–H groups in total. The van der Waals surface area contributed by atoms with Crippen LogP contribution in [0.25, 0.3) is 0 Å². The maximum atomic E-state index is 14.6. The van der Waals surface area contributed by atoms with Gasteiger partial charge >= 0.3 is 23.9 Å². The van der Waals surface area contributed by atoms with E-state index < -0.39 is 116 Å². The van der Waals surface area contributed by atoms with Crippen molar-refractivity contribution in [1.82, 2.24) is 32.3 Å². The van der Waals surface area contributed by atoms with E-state index in [1.807, 2.05) is 0 Å². The van der Waals surface area contributed by atoms with Crippen LogP contribution in [0.1, 0.15) is 345 Å². The van der Waals surface area contributed by atoms with Crippen LogP contribution in [0, 0.1) is 0 Å². The minimum atomic E-state index is -1.61. The van der Waals surface area contributed by atoms with Crippen molar-refractivity contribution in [2.45, 2.75) is 341 Å². The zero-order valence-electron chi connectivity index (χ0n) is 76.7. The summed E-state index contributed by atoms with van der Waals surface area (Å²) in [6.07, 6.45) is 41.0. The van der Waals surface area contributed by atoms with E-state index in [-0.39, 0.29) is 89.2 Å². The van der Waals surface area contributed by atoms with Crippen LogP contribution in [0.15, 0.2) is 98.2 Å². The fraction of sp³-hybridized carbons (Fsp3) is 0.594. The van der Waals surface area contributed by atoms with Crippen molar-refractivity contribution >= 4 is 90.1 Å². The number of esters is 4. The van der Waals surface area contributed by atoms with Gasteiger partial charge in [0.25, 0.3) is 11.8 Å². The van der Waals surface area contributed by atoms with Crippen molar-refractivity contribution < 1.29 is 85.8 Å². The molecule has 0 spiro atoms. The number of nitrogens with two attached hydrogens (primary N) is 2. The van der Waals surface area contributed by atoms with Crippen LogP contribution in [0.4, 0.5) is 0 Å². The lowest BCUT2D eigenvalue weighted by Gasteiger charge is -2.20. The second-order valence-corrected chi connectivity index (χ2v) is 31.6. The summed E-state index contributed by atoms with van der Waals surface area (Å²) >= 11 is 0. The van der Waals surface area contributed by atoms with Crippen LogP contribution < -0.4 is 81.7 Å². The van der Waals surface area contributed by atoms with Gasteiger partial charge in [-0.05, 0) is 93.5 Å². The molecule has 0 radical (unpaired) electrons. The number of guanidine groups is 1. The van der Waals surface area contributed by atoms with Crippen molar-refractivity contribution in [3.63, 3.8) is 0 Å². The van der Waals surface area contributed by atoms with E-state index in [1.165, 1.54) is 156 Å². The molecule has 0 aromatic heterocycles. The predicted octanol–water partition coefficient (Wildman–Crippen LogP) is 16.9. The van der Waals surface area contributed by atoms with Crippen LogP contribution in [0.2, 0.25) is 0 Å². The van der Waals surface area contributed by atoms with Gasteiger partial charge in [0.15, 0.2) is 52.0 Å². The molecule has 127 heavy (non-hydrogen) atoms. The van der Waals surface area contributed by atoms with Gasteiger partial charge in [0.05, 0.1) is 53.3 Å². The van der Waals surface area contributed by atoms with E-state index in [9.17, 15) is 47.9 Å². The highest BCUT2D eigenvalue weighted by molar-refractivity contribution is 5.96. The molecule has 6 amide bonds. The summed E-state index contributed by atoms with van der Waals surface area (Å²) in [5, 5.41) is 21.8. The Kier molecular flexibility index (Phi) is 57.9. The van der Waals surface area contributed by atoms with Crippen molar-refractivity contribution in [2.24, 2.45) is 36.9 Å². The quantitative estimate of drug-likeness (QED) is 0.00508. The Morgan fingerprint density at radius 3 is 0.803 bits per heavy atom. The third-order valence-corrected chi connectivity index (χ3v) is 21.1. The average Bonchev–Trinajstić information content (AvgIpc) is 0.858. The van der Waals surface area contributed by atoms with E-state index >= 15 is 0 Å². The highest BCUT2D eigenvalue weighted by Crippen LogP contribution is 2.35. The lowest BCUT2D eigenvalue weighted by Crippen LogP contribution is -2.49. The number of hydrazone groups is 4. The number of para-hydroxylation sites is 4. The molecule has 0 bridgehead atoms. The van der Waals surface area contributed by atoms with Gasteiger partial charge in [-0.1, -0.05) is 257 Å². The summed E-state index contributed by atoms with van der Waals surface area (Å²) in [6, 6.07) is 14.6. The number of aliphatic imine (C=N–C) groups is 1. The SMILES string of the molecule is CCCCCCCCCCCC(=O)Oc1c(/C=N/NC(=O)CC[C@H](NC(=O)CC[C@H](N=C(N)N)C(=O)N[C@@H](CCC(=O)N/N=C/c2cccc(OC)c2OC(=O)CCCCCCCCCCC)C(=O)N/N=C/c2cccc(OC)c2OC(=O)CCCCCCCCCCC)C(=O)N/N=C/c2cccc(OC)c2OC(=O)CCCCCCCCCCC)cccc1OC. The number of amides is 6. The number of nitrogens with zero attached hydrogens (tertiary/aromatic N) is 5.